The van der Waals surface area contributed by atoms with Crippen LogP contribution in [0.1, 0.15) is 19.8 Å². The van der Waals surface area contributed by atoms with E-state index >= 15 is 0 Å². The Bertz CT molecular complexity index is 778. The number of benzene rings is 1. The van der Waals surface area contributed by atoms with E-state index in [1.807, 2.05) is 0 Å². The van der Waals surface area contributed by atoms with Gasteiger partial charge in [-0.05, 0) is 50.1 Å². The number of ether oxygens (including phenoxy) is 4. The first kappa shape index (κ1) is 19.7. The highest BCUT2D eigenvalue weighted by atomic mass is 35.5. The van der Waals surface area contributed by atoms with E-state index in [1.165, 1.54) is 6.20 Å². The lowest BCUT2D eigenvalue weighted by atomic mass is 10.2. The van der Waals surface area contributed by atoms with Gasteiger partial charge in [0, 0.05) is 12.8 Å². The van der Waals surface area contributed by atoms with Crippen molar-refractivity contribution in [2.45, 2.75) is 32.0 Å². The average Bonchev–Trinajstić information content (AvgIpc) is 3.17. The molecule has 0 aliphatic carbocycles. The Morgan fingerprint density at radius 1 is 1.30 bits per heavy atom. The van der Waals surface area contributed by atoms with Gasteiger partial charge >= 0.3 is 5.97 Å². The maximum atomic E-state index is 12.0. The van der Waals surface area contributed by atoms with E-state index in [0.29, 0.717) is 21.5 Å². The summed E-state index contributed by atoms with van der Waals surface area (Å²) in [5, 5.41) is 0.738. The van der Waals surface area contributed by atoms with Crippen molar-refractivity contribution in [3.63, 3.8) is 0 Å². The number of hydrogen-bond donors (Lipinski definition) is 0. The monoisotopic (exact) mass is 411 g/mol. The molecule has 2 aromatic rings. The number of hydrogen-bond acceptors (Lipinski definition) is 6. The van der Waals surface area contributed by atoms with Crippen LogP contribution in [0, 0.1) is 0 Å². The lowest BCUT2D eigenvalue weighted by molar-refractivity contribution is -0.154. The largest absolute Gasteiger partial charge is 0.479 e. The number of esters is 1. The standard InChI is InChI=1S/C19H19Cl2NO5/c1-12(19(23)25-11-16-3-2-8-24-16)26-14-4-6-15(7-5-14)27-18-17(21)9-13(20)10-22-18/h4-7,9-10,12,16H,2-3,8,11H2,1H3/t12?,16-/m1/s1. The van der Waals surface area contributed by atoms with Crippen LogP contribution < -0.4 is 9.47 Å². The molecule has 1 aliphatic heterocycles. The number of nitrogens with zero attached hydrogens (tertiary/aromatic N) is 1. The van der Waals surface area contributed by atoms with Crippen LogP contribution in [0.15, 0.2) is 36.5 Å². The van der Waals surface area contributed by atoms with Gasteiger partial charge in [-0.1, -0.05) is 23.2 Å². The molecular weight excluding hydrogens is 393 g/mol. The fourth-order valence-corrected chi connectivity index (χ4v) is 2.91. The lowest BCUT2D eigenvalue weighted by Crippen LogP contribution is -2.29. The third kappa shape index (κ3) is 5.73. The Hall–Kier alpha value is -2.02. The predicted molar refractivity (Wildman–Crippen MR) is 101 cm³/mol. The van der Waals surface area contributed by atoms with E-state index in [-0.39, 0.29) is 18.6 Å². The number of carbonyl (C=O) groups excluding carboxylic acids is 1. The van der Waals surface area contributed by atoms with Crippen LogP contribution in [0.25, 0.3) is 0 Å². The molecule has 1 unspecified atom stereocenters. The Balaban J connectivity index is 1.51. The van der Waals surface area contributed by atoms with E-state index in [0.717, 1.165) is 19.4 Å². The smallest absolute Gasteiger partial charge is 0.347 e. The zero-order valence-corrected chi connectivity index (χ0v) is 16.2. The van der Waals surface area contributed by atoms with Crippen molar-refractivity contribution in [2.24, 2.45) is 0 Å². The first-order valence-corrected chi connectivity index (χ1v) is 9.30. The number of rotatable bonds is 7. The summed E-state index contributed by atoms with van der Waals surface area (Å²) in [5.74, 6) is 0.857. The number of halogens is 2. The molecule has 1 aromatic carbocycles. The third-order valence-corrected chi connectivity index (χ3v) is 4.37. The molecule has 0 radical (unpaired) electrons. The van der Waals surface area contributed by atoms with Gasteiger partial charge in [-0.25, -0.2) is 9.78 Å². The van der Waals surface area contributed by atoms with Gasteiger partial charge in [-0.3, -0.25) is 0 Å². The van der Waals surface area contributed by atoms with Gasteiger partial charge in [0.1, 0.15) is 23.1 Å². The molecule has 1 fully saturated rings. The van der Waals surface area contributed by atoms with Gasteiger partial charge in [0.2, 0.25) is 5.88 Å². The van der Waals surface area contributed by atoms with Crippen molar-refractivity contribution in [2.75, 3.05) is 13.2 Å². The molecule has 1 saturated heterocycles. The Kier molecular flexibility index (Phi) is 6.77. The van der Waals surface area contributed by atoms with Gasteiger partial charge in [0.05, 0.1) is 11.1 Å². The van der Waals surface area contributed by atoms with Crippen molar-refractivity contribution in [1.82, 2.24) is 4.98 Å². The second-order valence-corrected chi connectivity index (χ2v) is 6.88. The second-order valence-electron chi connectivity index (χ2n) is 6.04. The molecule has 2 atom stereocenters. The first-order chi connectivity index (χ1) is 13.0. The van der Waals surface area contributed by atoms with Gasteiger partial charge in [0.15, 0.2) is 6.10 Å². The molecule has 1 aromatic heterocycles. The first-order valence-electron chi connectivity index (χ1n) is 8.55. The predicted octanol–water partition coefficient (Wildman–Crippen LogP) is 4.67. The topological polar surface area (TPSA) is 66.9 Å². The van der Waals surface area contributed by atoms with Crippen molar-refractivity contribution >= 4 is 29.2 Å². The zero-order valence-electron chi connectivity index (χ0n) is 14.7. The maximum absolute atomic E-state index is 12.0. The van der Waals surface area contributed by atoms with Gasteiger partial charge in [-0.15, -0.1) is 0 Å². The highest BCUT2D eigenvalue weighted by Crippen LogP contribution is 2.30. The average molecular weight is 412 g/mol. The van der Waals surface area contributed by atoms with E-state index in [9.17, 15) is 4.79 Å². The van der Waals surface area contributed by atoms with E-state index in [2.05, 4.69) is 4.98 Å². The van der Waals surface area contributed by atoms with Crippen molar-refractivity contribution < 1.29 is 23.7 Å². The summed E-state index contributed by atoms with van der Waals surface area (Å²) in [4.78, 5) is 16.0. The lowest BCUT2D eigenvalue weighted by Gasteiger charge is -2.16. The SMILES string of the molecule is CC(Oc1ccc(Oc2ncc(Cl)cc2Cl)cc1)C(=O)OC[C@H]1CCCO1. The fourth-order valence-electron chi connectivity index (χ4n) is 2.50. The van der Waals surface area contributed by atoms with Gasteiger partial charge in [0.25, 0.3) is 0 Å². The summed E-state index contributed by atoms with van der Waals surface area (Å²) in [7, 11) is 0. The summed E-state index contributed by atoms with van der Waals surface area (Å²) in [5.41, 5.74) is 0. The van der Waals surface area contributed by atoms with Crippen LogP contribution in [-0.2, 0) is 14.3 Å². The molecule has 27 heavy (non-hydrogen) atoms. The summed E-state index contributed by atoms with van der Waals surface area (Å²) < 4.78 is 21.9. The minimum Gasteiger partial charge on any atom is -0.479 e. The molecule has 0 amide bonds. The maximum Gasteiger partial charge on any atom is 0.347 e. The van der Waals surface area contributed by atoms with Crippen molar-refractivity contribution in [1.29, 1.82) is 0 Å². The Morgan fingerprint density at radius 2 is 2.04 bits per heavy atom. The van der Waals surface area contributed by atoms with Crippen LogP contribution in [0.4, 0.5) is 0 Å². The summed E-state index contributed by atoms with van der Waals surface area (Å²) >= 11 is 11.8. The molecule has 0 bridgehead atoms. The van der Waals surface area contributed by atoms with Crippen LogP contribution in [0.3, 0.4) is 0 Å². The molecule has 3 rings (SSSR count). The minimum absolute atomic E-state index is 0.00844. The van der Waals surface area contributed by atoms with E-state index in [1.54, 1.807) is 37.3 Å². The van der Waals surface area contributed by atoms with Crippen LogP contribution >= 0.6 is 23.2 Å². The van der Waals surface area contributed by atoms with Gasteiger partial charge in [-0.2, -0.15) is 0 Å². The number of carbonyl (C=O) groups is 1. The minimum atomic E-state index is -0.731. The van der Waals surface area contributed by atoms with Crippen LogP contribution in [0.5, 0.6) is 17.4 Å². The second kappa shape index (κ2) is 9.26. The highest BCUT2D eigenvalue weighted by Gasteiger charge is 2.21. The molecule has 0 N–H and O–H groups in total. The Morgan fingerprint density at radius 3 is 2.70 bits per heavy atom. The molecular formula is C19H19Cl2NO5. The number of aromatic nitrogens is 1. The fraction of sp³-hybridized carbons (Fsp3) is 0.368. The summed E-state index contributed by atoms with van der Waals surface area (Å²) in [6.45, 7) is 2.62. The normalized spacial score (nSPS) is 17.4. The third-order valence-electron chi connectivity index (χ3n) is 3.89. The molecule has 6 nitrogen and oxygen atoms in total. The Labute approximate surface area is 167 Å². The van der Waals surface area contributed by atoms with Crippen LogP contribution in [0.2, 0.25) is 10.0 Å². The number of pyridine rings is 1. The summed E-state index contributed by atoms with van der Waals surface area (Å²) in [6, 6.07) is 8.29. The van der Waals surface area contributed by atoms with Crippen molar-refractivity contribution in [3.05, 3.63) is 46.6 Å². The molecule has 1 aliphatic rings. The zero-order chi connectivity index (χ0) is 19.2. The molecule has 2 heterocycles. The summed E-state index contributed by atoms with van der Waals surface area (Å²) in [6.07, 6.45) is 2.62. The molecule has 0 spiro atoms. The molecule has 0 saturated carbocycles. The quantitative estimate of drug-likeness (QED) is 0.616. The molecule has 8 heteroatoms. The highest BCUT2D eigenvalue weighted by molar-refractivity contribution is 6.35. The van der Waals surface area contributed by atoms with Gasteiger partial charge < -0.3 is 18.9 Å². The van der Waals surface area contributed by atoms with Crippen LogP contribution in [-0.4, -0.2) is 36.4 Å². The van der Waals surface area contributed by atoms with E-state index in [4.69, 9.17) is 42.1 Å². The molecule has 144 valence electrons. The van der Waals surface area contributed by atoms with E-state index < -0.39 is 12.1 Å². The van der Waals surface area contributed by atoms with Crippen molar-refractivity contribution in [3.8, 4) is 17.4 Å².